The van der Waals surface area contributed by atoms with E-state index in [-0.39, 0.29) is 23.4 Å². The minimum Gasteiger partial charge on any atom is -0.352 e. The van der Waals surface area contributed by atoms with Gasteiger partial charge in [-0.25, -0.2) is 8.42 Å². The third-order valence-electron chi connectivity index (χ3n) is 6.70. The van der Waals surface area contributed by atoms with Crippen molar-refractivity contribution in [1.82, 2.24) is 10.2 Å². The highest BCUT2D eigenvalue weighted by Crippen LogP contribution is 2.25. The summed E-state index contributed by atoms with van der Waals surface area (Å²) in [4.78, 5) is 28.6. The quantitative estimate of drug-likeness (QED) is 0.381. The summed E-state index contributed by atoms with van der Waals surface area (Å²) in [6.07, 6.45) is 0.751. The molecular weight excluding hydrogens is 498 g/mol. The predicted octanol–water partition coefficient (Wildman–Crippen LogP) is 4.83. The molecule has 0 saturated carbocycles. The fourth-order valence-corrected chi connectivity index (χ4v) is 5.41. The third kappa shape index (κ3) is 7.01. The monoisotopic (exact) mass is 535 g/mol. The van der Waals surface area contributed by atoms with Crippen molar-refractivity contribution < 1.29 is 18.0 Å². The molecule has 8 heteroatoms. The van der Waals surface area contributed by atoms with Crippen LogP contribution in [-0.2, 0) is 26.2 Å². The van der Waals surface area contributed by atoms with Gasteiger partial charge in [0.15, 0.2) is 0 Å². The van der Waals surface area contributed by atoms with E-state index >= 15 is 0 Å². The van der Waals surface area contributed by atoms with Crippen molar-refractivity contribution >= 4 is 27.5 Å². The second-order valence-corrected chi connectivity index (χ2v) is 11.5. The molecule has 0 aliphatic carbocycles. The summed E-state index contributed by atoms with van der Waals surface area (Å²) in [7, 11) is -4.06. The molecule has 0 aliphatic rings. The number of benzene rings is 3. The molecule has 38 heavy (non-hydrogen) atoms. The number of rotatable bonds is 11. The van der Waals surface area contributed by atoms with Crippen molar-refractivity contribution in [3.05, 3.63) is 95.6 Å². The summed E-state index contributed by atoms with van der Waals surface area (Å²) >= 11 is 0. The Hall–Kier alpha value is -3.65. The maximum absolute atomic E-state index is 13.9. The number of sulfonamides is 1. The third-order valence-corrected chi connectivity index (χ3v) is 8.49. The molecule has 0 radical (unpaired) electrons. The lowest BCUT2D eigenvalue weighted by molar-refractivity contribution is -0.139. The SMILES string of the molecule is CC[C@@H](C)NC(=O)[C@@H](C)N(Cc1ccccc1C)C(=O)CN(c1ccc(C)cc1)S(=O)(=O)c1ccccc1. The number of nitrogens with zero attached hydrogens (tertiary/aromatic N) is 2. The van der Waals surface area contributed by atoms with Crippen LogP contribution in [0.1, 0.15) is 43.9 Å². The lowest BCUT2D eigenvalue weighted by Crippen LogP contribution is -2.52. The van der Waals surface area contributed by atoms with E-state index in [1.165, 1.54) is 17.0 Å². The van der Waals surface area contributed by atoms with E-state index in [1.54, 1.807) is 49.4 Å². The van der Waals surface area contributed by atoms with Crippen LogP contribution < -0.4 is 9.62 Å². The second kappa shape index (κ2) is 12.7. The van der Waals surface area contributed by atoms with Crippen molar-refractivity contribution in [1.29, 1.82) is 0 Å². The molecule has 0 aromatic heterocycles. The van der Waals surface area contributed by atoms with Gasteiger partial charge in [0, 0.05) is 12.6 Å². The topological polar surface area (TPSA) is 86.8 Å². The van der Waals surface area contributed by atoms with Crippen LogP contribution in [-0.4, -0.2) is 43.8 Å². The number of aryl methyl sites for hydroxylation is 2. The smallest absolute Gasteiger partial charge is 0.264 e. The molecule has 0 unspecified atom stereocenters. The van der Waals surface area contributed by atoms with Gasteiger partial charge in [0.2, 0.25) is 11.8 Å². The number of amides is 2. The highest BCUT2D eigenvalue weighted by Gasteiger charge is 2.32. The number of nitrogens with one attached hydrogen (secondary N) is 1. The number of carbonyl (C=O) groups excluding carboxylic acids is 2. The molecule has 0 heterocycles. The molecule has 3 aromatic carbocycles. The van der Waals surface area contributed by atoms with Crippen LogP contribution in [0.2, 0.25) is 0 Å². The van der Waals surface area contributed by atoms with E-state index < -0.39 is 28.5 Å². The van der Waals surface area contributed by atoms with Crippen LogP contribution in [0.25, 0.3) is 0 Å². The van der Waals surface area contributed by atoms with Crippen LogP contribution in [0.5, 0.6) is 0 Å². The summed E-state index contributed by atoms with van der Waals surface area (Å²) in [5.74, 6) is -0.755. The highest BCUT2D eigenvalue weighted by molar-refractivity contribution is 7.92. The zero-order valence-electron chi connectivity index (χ0n) is 22.7. The molecule has 0 saturated heterocycles. The van der Waals surface area contributed by atoms with Crippen LogP contribution in [0.3, 0.4) is 0 Å². The largest absolute Gasteiger partial charge is 0.352 e. The van der Waals surface area contributed by atoms with Crippen LogP contribution in [0, 0.1) is 13.8 Å². The molecule has 0 fully saturated rings. The average molecular weight is 536 g/mol. The normalized spacial score (nSPS) is 12.9. The fourth-order valence-electron chi connectivity index (χ4n) is 3.98. The number of anilines is 1. The predicted molar refractivity (Wildman–Crippen MR) is 151 cm³/mol. The van der Waals surface area contributed by atoms with E-state index in [0.717, 1.165) is 27.4 Å². The number of hydrogen-bond donors (Lipinski definition) is 1. The Balaban J connectivity index is 2.02. The Bertz CT molecular complexity index is 1340. The molecule has 3 rings (SSSR count). The molecule has 1 N–H and O–H groups in total. The van der Waals surface area contributed by atoms with Gasteiger partial charge >= 0.3 is 0 Å². The number of hydrogen-bond acceptors (Lipinski definition) is 4. The highest BCUT2D eigenvalue weighted by atomic mass is 32.2. The van der Waals surface area contributed by atoms with Gasteiger partial charge in [-0.2, -0.15) is 0 Å². The minimum atomic E-state index is -4.06. The Morgan fingerprint density at radius 1 is 0.868 bits per heavy atom. The van der Waals surface area contributed by atoms with E-state index in [1.807, 2.05) is 52.0 Å². The lowest BCUT2D eigenvalue weighted by atomic mass is 10.1. The molecule has 202 valence electrons. The zero-order chi connectivity index (χ0) is 27.9. The molecule has 0 bridgehead atoms. The Labute approximate surface area is 226 Å². The first-order chi connectivity index (χ1) is 18.0. The Morgan fingerprint density at radius 3 is 2.08 bits per heavy atom. The summed E-state index contributed by atoms with van der Waals surface area (Å²) in [5.41, 5.74) is 3.21. The Morgan fingerprint density at radius 2 is 1.47 bits per heavy atom. The van der Waals surface area contributed by atoms with E-state index in [0.29, 0.717) is 5.69 Å². The summed E-state index contributed by atoms with van der Waals surface area (Å²) in [5, 5.41) is 2.95. The minimum absolute atomic E-state index is 0.0529. The van der Waals surface area contributed by atoms with Crippen molar-refractivity contribution in [3.8, 4) is 0 Å². The van der Waals surface area contributed by atoms with Crippen molar-refractivity contribution in [2.45, 2.75) is 64.6 Å². The zero-order valence-corrected chi connectivity index (χ0v) is 23.5. The first-order valence-electron chi connectivity index (χ1n) is 12.8. The van der Waals surface area contributed by atoms with E-state index in [9.17, 15) is 18.0 Å². The maximum Gasteiger partial charge on any atom is 0.264 e. The molecular formula is C30H37N3O4S. The first-order valence-corrected chi connectivity index (χ1v) is 14.3. The summed E-state index contributed by atoms with van der Waals surface area (Å²) in [6, 6.07) is 21.8. The van der Waals surface area contributed by atoms with Crippen LogP contribution in [0.15, 0.2) is 83.8 Å². The van der Waals surface area contributed by atoms with E-state index in [4.69, 9.17) is 0 Å². The van der Waals surface area contributed by atoms with Crippen LogP contribution in [0.4, 0.5) is 5.69 Å². The van der Waals surface area contributed by atoms with E-state index in [2.05, 4.69) is 5.32 Å². The van der Waals surface area contributed by atoms with Gasteiger partial charge in [-0.1, -0.05) is 67.1 Å². The fraction of sp³-hybridized carbons (Fsp3) is 0.333. The summed E-state index contributed by atoms with van der Waals surface area (Å²) in [6.45, 7) is 9.13. The van der Waals surface area contributed by atoms with Gasteiger partial charge in [-0.3, -0.25) is 13.9 Å². The van der Waals surface area contributed by atoms with Gasteiger partial charge < -0.3 is 10.2 Å². The van der Waals surface area contributed by atoms with Gasteiger partial charge in [-0.05, 0) is 69.5 Å². The average Bonchev–Trinajstić information content (AvgIpc) is 2.91. The molecule has 2 amide bonds. The first kappa shape index (κ1) is 28.9. The van der Waals surface area contributed by atoms with Crippen molar-refractivity contribution in [2.24, 2.45) is 0 Å². The molecule has 0 spiro atoms. The van der Waals surface area contributed by atoms with Crippen LogP contribution >= 0.6 is 0 Å². The number of carbonyl (C=O) groups is 2. The van der Waals surface area contributed by atoms with Gasteiger partial charge in [-0.15, -0.1) is 0 Å². The Kier molecular flexibility index (Phi) is 9.69. The van der Waals surface area contributed by atoms with Crippen molar-refractivity contribution in [3.63, 3.8) is 0 Å². The molecule has 0 aliphatic heterocycles. The summed E-state index contributed by atoms with van der Waals surface area (Å²) < 4.78 is 28.6. The second-order valence-electron chi connectivity index (χ2n) is 9.60. The molecule has 3 aromatic rings. The maximum atomic E-state index is 13.9. The van der Waals surface area contributed by atoms with Crippen molar-refractivity contribution in [2.75, 3.05) is 10.8 Å². The van der Waals surface area contributed by atoms with Gasteiger partial charge in [0.25, 0.3) is 10.0 Å². The lowest BCUT2D eigenvalue weighted by Gasteiger charge is -2.32. The standard InChI is InChI=1S/C30H37N3O4S/c1-6-24(4)31-30(35)25(5)32(20-26-13-11-10-12-23(26)3)29(34)21-33(27-18-16-22(2)17-19-27)38(36,37)28-14-8-7-9-15-28/h7-19,24-25H,6,20-21H2,1-5H3,(H,31,35)/t24-,25-/m1/s1. The molecule has 2 atom stereocenters. The van der Waals surface area contributed by atoms with Gasteiger partial charge in [0.1, 0.15) is 12.6 Å². The van der Waals surface area contributed by atoms with Gasteiger partial charge in [0.05, 0.1) is 10.6 Å². The molecule has 7 nitrogen and oxygen atoms in total.